The van der Waals surface area contributed by atoms with E-state index in [2.05, 4.69) is 9.97 Å². The van der Waals surface area contributed by atoms with E-state index in [1.807, 2.05) is 20.8 Å². The molecule has 6 nitrogen and oxygen atoms in total. The first kappa shape index (κ1) is 14.8. The van der Waals surface area contributed by atoms with Crippen LogP contribution in [-0.4, -0.2) is 40.2 Å². The van der Waals surface area contributed by atoms with Crippen LogP contribution in [-0.2, 0) is 17.7 Å². The van der Waals surface area contributed by atoms with Gasteiger partial charge in [-0.2, -0.15) is 4.98 Å². The van der Waals surface area contributed by atoms with Crippen LogP contribution in [0, 0.1) is 0 Å². The molecule has 1 aliphatic heterocycles. The van der Waals surface area contributed by atoms with Gasteiger partial charge in [0.1, 0.15) is 5.60 Å². The number of fused-ring (bicyclic) bond motifs is 1. The zero-order valence-electron chi connectivity index (χ0n) is 12.1. The molecule has 0 saturated heterocycles. The average molecular weight is 300 g/mol. The molecule has 0 fully saturated rings. The van der Waals surface area contributed by atoms with Crippen molar-refractivity contribution < 1.29 is 14.3 Å². The third-order valence-corrected chi connectivity index (χ3v) is 3.01. The summed E-state index contributed by atoms with van der Waals surface area (Å²) in [4.78, 5) is 21.9. The fourth-order valence-corrected chi connectivity index (χ4v) is 2.18. The number of ether oxygens (including phenoxy) is 2. The number of halogens is 1. The van der Waals surface area contributed by atoms with Crippen LogP contribution in [0.3, 0.4) is 0 Å². The van der Waals surface area contributed by atoms with E-state index in [4.69, 9.17) is 21.1 Å². The molecule has 7 heteroatoms. The first-order valence-electron chi connectivity index (χ1n) is 6.37. The maximum Gasteiger partial charge on any atom is 0.410 e. The minimum Gasteiger partial charge on any atom is -0.481 e. The third-order valence-electron chi connectivity index (χ3n) is 2.84. The van der Waals surface area contributed by atoms with Gasteiger partial charge >= 0.3 is 6.09 Å². The van der Waals surface area contributed by atoms with Gasteiger partial charge in [-0.3, -0.25) is 0 Å². The minimum atomic E-state index is -0.516. The van der Waals surface area contributed by atoms with E-state index in [-0.39, 0.29) is 11.4 Å². The van der Waals surface area contributed by atoms with Crippen LogP contribution in [0.2, 0.25) is 5.28 Å². The van der Waals surface area contributed by atoms with E-state index in [1.165, 1.54) is 7.11 Å². The molecule has 0 spiro atoms. The highest BCUT2D eigenvalue weighted by atomic mass is 35.5. The number of rotatable bonds is 1. The number of carbonyl (C=O) groups is 1. The highest BCUT2D eigenvalue weighted by Gasteiger charge is 2.28. The topological polar surface area (TPSA) is 64.6 Å². The maximum absolute atomic E-state index is 12.1. The lowest BCUT2D eigenvalue weighted by Gasteiger charge is -2.31. The summed E-state index contributed by atoms with van der Waals surface area (Å²) in [5, 5.41) is 0.159. The van der Waals surface area contributed by atoms with Crippen molar-refractivity contribution in [1.29, 1.82) is 0 Å². The van der Waals surface area contributed by atoms with Gasteiger partial charge in [0.05, 0.1) is 24.9 Å². The molecule has 2 rings (SSSR count). The van der Waals surface area contributed by atoms with Gasteiger partial charge in [0.15, 0.2) is 0 Å². The monoisotopic (exact) mass is 299 g/mol. The Labute approximate surface area is 123 Å². The summed E-state index contributed by atoms with van der Waals surface area (Å²) in [6, 6.07) is 0. The third kappa shape index (κ3) is 3.30. The summed E-state index contributed by atoms with van der Waals surface area (Å²) in [6.45, 7) is 6.42. The molecule has 0 radical (unpaired) electrons. The van der Waals surface area contributed by atoms with E-state index >= 15 is 0 Å². The molecular formula is C13H18ClN3O3. The predicted molar refractivity (Wildman–Crippen MR) is 73.9 cm³/mol. The zero-order chi connectivity index (χ0) is 14.9. The normalized spacial score (nSPS) is 14.8. The minimum absolute atomic E-state index is 0.159. The van der Waals surface area contributed by atoms with E-state index in [1.54, 1.807) is 4.90 Å². The number of hydrogen-bond acceptors (Lipinski definition) is 5. The number of methoxy groups -OCH3 is 1. The van der Waals surface area contributed by atoms with Crippen molar-refractivity contribution in [1.82, 2.24) is 14.9 Å². The van der Waals surface area contributed by atoms with Gasteiger partial charge < -0.3 is 14.4 Å². The molecule has 0 N–H and O–H groups in total. The number of amides is 1. The van der Waals surface area contributed by atoms with Crippen LogP contribution in [0.15, 0.2) is 0 Å². The lowest BCUT2D eigenvalue weighted by molar-refractivity contribution is 0.0221. The summed E-state index contributed by atoms with van der Waals surface area (Å²) in [5.41, 5.74) is 1.09. The highest BCUT2D eigenvalue weighted by Crippen LogP contribution is 2.27. The average Bonchev–Trinajstić information content (AvgIpc) is 2.35. The molecular weight excluding hydrogens is 282 g/mol. The number of aromatic nitrogens is 2. The summed E-state index contributed by atoms with van der Waals surface area (Å²) < 4.78 is 10.6. The molecule has 0 unspecified atom stereocenters. The standard InChI is InChI=1S/C13H18ClN3O3/c1-13(2,3)20-12(18)17-6-5-9-8(7-17)10(19-4)16-11(14)15-9/h5-7H2,1-4H3. The van der Waals surface area contributed by atoms with Crippen molar-refractivity contribution in [2.75, 3.05) is 13.7 Å². The molecule has 20 heavy (non-hydrogen) atoms. The molecule has 0 aliphatic carbocycles. The zero-order valence-corrected chi connectivity index (χ0v) is 12.8. The number of nitrogens with zero attached hydrogens (tertiary/aromatic N) is 3. The molecule has 0 bridgehead atoms. The van der Waals surface area contributed by atoms with E-state index in [9.17, 15) is 4.79 Å². The lowest BCUT2D eigenvalue weighted by atomic mass is 10.1. The summed E-state index contributed by atoms with van der Waals surface area (Å²) in [6.07, 6.45) is 0.257. The van der Waals surface area contributed by atoms with Crippen molar-refractivity contribution >= 4 is 17.7 Å². The largest absolute Gasteiger partial charge is 0.481 e. The Hall–Kier alpha value is -1.56. The van der Waals surface area contributed by atoms with Crippen LogP contribution < -0.4 is 4.74 Å². The smallest absolute Gasteiger partial charge is 0.410 e. The first-order chi connectivity index (χ1) is 9.30. The van der Waals surface area contributed by atoms with Gasteiger partial charge in [-0.05, 0) is 32.4 Å². The molecule has 1 aliphatic rings. The number of hydrogen-bond donors (Lipinski definition) is 0. The van der Waals surface area contributed by atoms with E-state index < -0.39 is 5.60 Å². The summed E-state index contributed by atoms with van der Waals surface area (Å²) >= 11 is 5.84. The molecule has 2 heterocycles. The van der Waals surface area contributed by atoms with Crippen LogP contribution in [0.25, 0.3) is 0 Å². The van der Waals surface area contributed by atoms with Gasteiger partial charge in [0.2, 0.25) is 11.2 Å². The second kappa shape index (κ2) is 5.44. The van der Waals surface area contributed by atoms with Gasteiger partial charge in [-0.25, -0.2) is 9.78 Å². The Balaban J connectivity index is 2.20. The summed E-state index contributed by atoms with van der Waals surface area (Å²) in [5.74, 6) is 0.410. The number of carbonyl (C=O) groups excluding carboxylic acids is 1. The maximum atomic E-state index is 12.1. The van der Waals surface area contributed by atoms with E-state index in [0.29, 0.717) is 25.4 Å². The Bertz CT molecular complexity index is 511. The Morgan fingerprint density at radius 2 is 2.05 bits per heavy atom. The Kier molecular flexibility index (Phi) is 4.04. The van der Waals surface area contributed by atoms with Crippen molar-refractivity contribution in [3.8, 4) is 5.88 Å². The molecule has 0 saturated carbocycles. The lowest BCUT2D eigenvalue weighted by Crippen LogP contribution is -2.40. The summed E-state index contributed by atoms with van der Waals surface area (Å²) in [7, 11) is 1.52. The van der Waals surface area contributed by atoms with Gasteiger partial charge in [0, 0.05) is 13.0 Å². The van der Waals surface area contributed by atoms with Crippen LogP contribution in [0.5, 0.6) is 5.88 Å². The highest BCUT2D eigenvalue weighted by molar-refractivity contribution is 6.28. The van der Waals surface area contributed by atoms with Gasteiger partial charge in [0.25, 0.3) is 0 Å². The second-order valence-corrected chi connectivity index (χ2v) is 5.92. The van der Waals surface area contributed by atoms with Crippen molar-refractivity contribution in [2.45, 2.75) is 39.3 Å². The first-order valence-corrected chi connectivity index (χ1v) is 6.75. The molecule has 0 aromatic carbocycles. The second-order valence-electron chi connectivity index (χ2n) is 5.58. The van der Waals surface area contributed by atoms with Crippen molar-refractivity contribution in [3.63, 3.8) is 0 Å². The SMILES string of the molecule is COc1nc(Cl)nc2c1CN(C(=O)OC(C)(C)C)CC2. The quantitative estimate of drug-likeness (QED) is 0.745. The van der Waals surface area contributed by atoms with Gasteiger partial charge in [-0.15, -0.1) is 0 Å². The Morgan fingerprint density at radius 3 is 2.65 bits per heavy atom. The van der Waals surface area contributed by atoms with Crippen molar-refractivity contribution in [2.24, 2.45) is 0 Å². The van der Waals surface area contributed by atoms with E-state index in [0.717, 1.165) is 11.3 Å². The van der Waals surface area contributed by atoms with Gasteiger partial charge in [-0.1, -0.05) is 0 Å². The molecule has 1 aromatic heterocycles. The van der Waals surface area contributed by atoms with Crippen LogP contribution in [0.4, 0.5) is 4.79 Å². The van der Waals surface area contributed by atoms with Crippen LogP contribution >= 0.6 is 11.6 Å². The van der Waals surface area contributed by atoms with Crippen molar-refractivity contribution in [3.05, 3.63) is 16.5 Å². The Morgan fingerprint density at radius 1 is 1.35 bits per heavy atom. The molecule has 110 valence electrons. The molecule has 1 aromatic rings. The van der Waals surface area contributed by atoms with Crippen LogP contribution in [0.1, 0.15) is 32.0 Å². The fraction of sp³-hybridized carbons (Fsp3) is 0.615. The molecule has 0 atom stereocenters. The molecule has 1 amide bonds. The predicted octanol–water partition coefficient (Wildman–Crippen LogP) is 2.43. The fourth-order valence-electron chi connectivity index (χ4n) is 2.01.